The molecule has 4 nitrogen and oxygen atoms in total. The summed E-state index contributed by atoms with van der Waals surface area (Å²) < 4.78 is 0. The lowest BCUT2D eigenvalue weighted by atomic mass is 9.82. The van der Waals surface area contributed by atoms with E-state index < -0.39 is 0 Å². The summed E-state index contributed by atoms with van der Waals surface area (Å²) in [5, 5.41) is 6.58. The van der Waals surface area contributed by atoms with E-state index in [1.54, 1.807) is 6.33 Å². The van der Waals surface area contributed by atoms with E-state index in [0.717, 1.165) is 35.6 Å². The SMILES string of the molecule is CNc1ncnc(NCC2CCCC(C)C2)c1C. The molecule has 0 bridgehead atoms. The molecule has 0 amide bonds. The lowest BCUT2D eigenvalue weighted by Gasteiger charge is -2.27. The molecule has 0 saturated heterocycles. The van der Waals surface area contributed by atoms with Gasteiger partial charge in [-0.2, -0.15) is 0 Å². The molecule has 2 atom stereocenters. The zero-order valence-electron chi connectivity index (χ0n) is 11.7. The van der Waals surface area contributed by atoms with Crippen molar-refractivity contribution in [3.8, 4) is 0 Å². The summed E-state index contributed by atoms with van der Waals surface area (Å²) in [6.07, 6.45) is 7.08. The van der Waals surface area contributed by atoms with E-state index in [4.69, 9.17) is 0 Å². The van der Waals surface area contributed by atoms with E-state index >= 15 is 0 Å². The fourth-order valence-corrected chi connectivity index (χ4v) is 2.87. The first-order valence-corrected chi connectivity index (χ1v) is 6.94. The van der Waals surface area contributed by atoms with Crippen LogP contribution in [0.5, 0.6) is 0 Å². The molecule has 18 heavy (non-hydrogen) atoms. The van der Waals surface area contributed by atoms with Gasteiger partial charge in [0.05, 0.1) is 0 Å². The first-order chi connectivity index (χ1) is 8.70. The summed E-state index contributed by atoms with van der Waals surface area (Å²) in [5.74, 6) is 3.54. The van der Waals surface area contributed by atoms with Crippen LogP contribution in [0, 0.1) is 18.8 Å². The van der Waals surface area contributed by atoms with Crippen molar-refractivity contribution in [1.29, 1.82) is 0 Å². The Morgan fingerprint density at radius 3 is 2.78 bits per heavy atom. The van der Waals surface area contributed by atoms with Crippen LogP contribution in [-0.2, 0) is 0 Å². The van der Waals surface area contributed by atoms with Crippen molar-refractivity contribution in [2.45, 2.75) is 39.5 Å². The Morgan fingerprint density at radius 2 is 2.06 bits per heavy atom. The molecular formula is C14H24N4. The number of nitrogens with one attached hydrogen (secondary N) is 2. The quantitative estimate of drug-likeness (QED) is 0.860. The van der Waals surface area contributed by atoms with Crippen LogP contribution < -0.4 is 10.6 Å². The van der Waals surface area contributed by atoms with E-state index in [9.17, 15) is 0 Å². The van der Waals surface area contributed by atoms with Gasteiger partial charge >= 0.3 is 0 Å². The largest absolute Gasteiger partial charge is 0.373 e. The van der Waals surface area contributed by atoms with Gasteiger partial charge in [0.2, 0.25) is 0 Å². The molecule has 2 N–H and O–H groups in total. The predicted octanol–water partition coefficient (Wildman–Crippen LogP) is 3.06. The minimum Gasteiger partial charge on any atom is -0.373 e. The Balaban J connectivity index is 1.93. The molecule has 0 radical (unpaired) electrons. The summed E-state index contributed by atoms with van der Waals surface area (Å²) in [7, 11) is 1.89. The zero-order valence-corrected chi connectivity index (χ0v) is 11.7. The monoisotopic (exact) mass is 248 g/mol. The minimum atomic E-state index is 0.793. The van der Waals surface area contributed by atoms with Gasteiger partial charge in [-0.05, 0) is 31.6 Å². The summed E-state index contributed by atoms with van der Waals surface area (Å²) in [6, 6.07) is 0. The number of hydrogen-bond acceptors (Lipinski definition) is 4. The van der Waals surface area contributed by atoms with Crippen molar-refractivity contribution in [3.63, 3.8) is 0 Å². The van der Waals surface area contributed by atoms with Gasteiger partial charge in [0, 0.05) is 19.2 Å². The van der Waals surface area contributed by atoms with Crippen molar-refractivity contribution < 1.29 is 0 Å². The highest BCUT2D eigenvalue weighted by Gasteiger charge is 2.19. The minimum absolute atomic E-state index is 0.793. The molecule has 1 aromatic rings. The van der Waals surface area contributed by atoms with Crippen molar-refractivity contribution in [1.82, 2.24) is 9.97 Å². The maximum Gasteiger partial charge on any atom is 0.134 e. The molecule has 0 aromatic carbocycles. The molecule has 1 fully saturated rings. The third-order valence-electron chi connectivity index (χ3n) is 3.92. The Morgan fingerprint density at radius 1 is 1.28 bits per heavy atom. The molecule has 1 aliphatic carbocycles. The van der Waals surface area contributed by atoms with Crippen LogP contribution in [0.15, 0.2) is 6.33 Å². The van der Waals surface area contributed by atoms with Crippen LogP contribution in [-0.4, -0.2) is 23.6 Å². The molecule has 2 rings (SSSR count). The smallest absolute Gasteiger partial charge is 0.134 e. The Labute approximate surface area is 110 Å². The lowest BCUT2D eigenvalue weighted by molar-refractivity contribution is 0.293. The number of nitrogens with zero attached hydrogens (tertiary/aromatic N) is 2. The highest BCUT2D eigenvalue weighted by Crippen LogP contribution is 2.29. The van der Waals surface area contributed by atoms with Crippen molar-refractivity contribution in [2.75, 3.05) is 24.2 Å². The van der Waals surface area contributed by atoms with Gasteiger partial charge in [0.25, 0.3) is 0 Å². The molecular weight excluding hydrogens is 224 g/mol. The van der Waals surface area contributed by atoms with Crippen LogP contribution in [0.2, 0.25) is 0 Å². The highest BCUT2D eigenvalue weighted by atomic mass is 15.1. The molecule has 0 spiro atoms. The zero-order chi connectivity index (χ0) is 13.0. The fraction of sp³-hybridized carbons (Fsp3) is 0.714. The molecule has 1 saturated carbocycles. The predicted molar refractivity (Wildman–Crippen MR) is 75.9 cm³/mol. The maximum absolute atomic E-state index is 4.33. The highest BCUT2D eigenvalue weighted by molar-refractivity contribution is 5.56. The van der Waals surface area contributed by atoms with Crippen LogP contribution >= 0.6 is 0 Å². The van der Waals surface area contributed by atoms with Crippen LogP contribution in [0.3, 0.4) is 0 Å². The first kappa shape index (κ1) is 13.1. The molecule has 1 heterocycles. The summed E-state index contributed by atoms with van der Waals surface area (Å²) >= 11 is 0. The Bertz CT molecular complexity index is 391. The summed E-state index contributed by atoms with van der Waals surface area (Å²) in [4.78, 5) is 8.53. The van der Waals surface area contributed by atoms with Gasteiger partial charge in [-0.1, -0.05) is 19.8 Å². The molecule has 100 valence electrons. The molecule has 0 aliphatic heterocycles. The van der Waals surface area contributed by atoms with E-state index in [1.807, 2.05) is 7.05 Å². The lowest BCUT2D eigenvalue weighted by Crippen LogP contribution is -2.21. The van der Waals surface area contributed by atoms with E-state index in [1.165, 1.54) is 25.7 Å². The number of aromatic nitrogens is 2. The van der Waals surface area contributed by atoms with Gasteiger partial charge in [-0.15, -0.1) is 0 Å². The molecule has 1 aromatic heterocycles. The number of rotatable bonds is 4. The van der Waals surface area contributed by atoms with Gasteiger partial charge in [-0.3, -0.25) is 0 Å². The van der Waals surface area contributed by atoms with Crippen molar-refractivity contribution in [2.24, 2.45) is 11.8 Å². The van der Waals surface area contributed by atoms with Gasteiger partial charge in [-0.25, -0.2) is 9.97 Å². The van der Waals surface area contributed by atoms with Crippen molar-refractivity contribution in [3.05, 3.63) is 11.9 Å². The van der Waals surface area contributed by atoms with Crippen molar-refractivity contribution >= 4 is 11.6 Å². The van der Waals surface area contributed by atoms with Gasteiger partial charge < -0.3 is 10.6 Å². The van der Waals surface area contributed by atoms with E-state index in [2.05, 4.69) is 34.4 Å². The first-order valence-electron chi connectivity index (χ1n) is 6.94. The topological polar surface area (TPSA) is 49.8 Å². The third kappa shape index (κ3) is 3.12. The average molecular weight is 248 g/mol. The third-order valence-corrected chi connectivity index (χ3v) is 3.92. The fourth-order valence-electron chi connectivity index (χ4n) is 2.87. The maximum atomic E-state index is 4.33. The normalized spacial score (nSPS) is 23.7. The standard InChI is InChI=1S/C14H24N4/c1-10-5-4-6-12(7-10)8-16-14-11(2)13(15-3)17-9-18-14/h9-10,12H,4-8H2,1-3H3,(H2,15,16,17,18). The van der Waals surface area contributed by atoms with Crippen LogP contribution in [0.4, 0.5) is 11.6 Å². The van der Waals surface area contributed by atoms with Gasteiger partial charge in [0.15, 0.2) is 0 Å². The second-order valence-electron chi connectivity index (χ2n) is 5.46. The van der Waals surface area contributed by atoms with E-state index in [-0.39, 0.29) is 0 Å². The van der Waals surface area contributed by atoms with E-state index in [0.29, 0.717) is 0 Å². The molecule has 1 aliphatic rings. The number of hydrogen-bond donors (Lipinski definition) is 2. The van der Waals surface area contributed by atoms with Crippen LogP contribution in [0.25, 0.3) is 0 Å². The van der Waals surface area contributed by atoms with Crippen LogP contribution in [0.1, 0.15) is 38.2 Å². The summed E-state index contributed by atoms with van der Waals surface area (Å²) in [5.41, 5.74) is 1.10. The summed E-state index contributed by atoms with van der Waals surface area (Å²) in [6.45, 7) is 5.45. The Kier molecular flexibility index (Phi) is 4.39. The second kappa shape index (κ2) is 6.03. The average Bonchev–Trinajstić information content (AvgIpc) is 2.38. The molecule has 2 unspecified atom stereocenters. The number of anilines is 2. The van der Waals surface area contributed by atoms with Gasteiger partial charge in [0.1, 0.15) is 18.0 Å². The second-order valence-corrected chi connectivity index (χ2v) is 5.46. The molecule has 4 heteroatoms. The Hall–Kier alpha value is -1.32.